The number of thioether (sulfide) groups is 2. The molecular weight excluding hydrogens is 475 g/mol. The number of halogens is 2. The van der Waals surface area contributed by atoms with Gasteiger partial charge in [0, 0.05) is 12.4 Å². The molecule has 29 heavy (non-hydrogen) atoms. The first-order chi connectivity index (χ1) is 14.0. The first-order valence-electron chi connectivity index (χ1n) is 7.90. The van der Waals surface area contributed by atoms with Gasteiger partial charge in [0.1, 0.15) is 11.6 Å². The van der Waals surface area contributed by atoms with E-state index in [0.717, 1.165) is 0 Å². The van der Waals surface area contributed by atoms with Crippen molar-refractivity contribution in [3.63, 3.8) is 0 Å². The van der Waals surface area contributed by atoms with Crippen LogP contribution < -0.4 is 10.6 Å². The van der Waals surface area contributed by atoms with Crippen LogP contribution in [0.4, 0.5) is 11.6 Å². The van der Waals surface area contributed by atoms with Crippen LogP contribution >= 0.6 is 58.1 Å². The van der Waals surface area contributed by atoms with Crippen molar-refractivity contribution in [1.29, 1.82) is 0 Å². The van der Waals surface area contributed by atoms with E-state index in [1.54, 1.807) is 24.3 Å². The molecule has 0 aliphatic carbocycles. The summed E-state index contributed by atoms with van der Waals surface area (Å²) >= 11 is 15.3. The van der Waals surface area contributed by atoms with Crippen molar-refractivity contribution in [3.8, 4) is 0 Å². The fraction of sp³-hybridized carbons (Fsp3) is 0.125. The van der Waals surface area contributed by atoms with E-state index in [0.29, 0.717) is 30.4 Å². The zero-order chi connectivity index (χ0) is 20.6. The van der Waals surface area contributed by atoms with Gasteiger partial charge in [-0.05, 0) is 24.3 Å². The van der Waals surface area contributed by atoms with E-state index in [1.165, 1.54) is 47.3 Å². The van der Waals surface area contributed by atoms with Crippen molar-refractivity contribution < 1.29 is 9.59 Å². The summed E-state index contributed by atoms with van der Waals surface area (Å²) in [7, 11) is 0. The lowest BCUT2D eigenvalue weighted by atomic mass is 10.4. The second kappa shape index (κ2) is 10.7. The van der Waals surface area contributed by atoms with E-state index in [1.807, 2.05) is 0 Å². The molecule has 0 aliphatic heterocycles. The van der Waals surface area contributed by atoms with Crippen molar-refractivity contribution in [3.05, 3.63) is 46.7 Å². The topological polar surface area (TPSA) is 110 Å². The minimum Gasteiger partial charge on any atom is -0.310 e. The number of carbonyl (C=O) groups is 2. The van der Waals surface area contributed by atoms with Gasteiger partial charge in [0.2, 0.25) is 11.8 Å². The Balaban J connectivity index is 1.40. The van der Waals surface area contributed by atoms with Crippen LogP contribution in [0.5, 0.6) is 0 Å². The van der Waals surface area contributed by atoms with Crippen LogP contribution in [-0.4, -0.2) is 43.5 Å². The molecule has 0 bridgehead atoms. The third kappa shape index (κ3) is 7.44. The van der Waals surface area contributed by atoms with E-state index in [2.05, 4.69) is 30.8 Å². The highest BCUT2D eigenvalue weighted by Crippen LogP contribution is 2.28. The van der Waals surface area contributed by atoms with Crippen LogP contribution in [0.2, 0.25) is 10.0 Å². The number of aromatic nitrogens is 4. The Bertz CT molecular complexity index is 907. The molecule has 3 heterocycles. The van der Waals surface area contributed by atoms with Gasteiger partial charge in [-0.15, -0.1) is 10.2 Å². The summed E-state index contributed by atoms with van der Waals surface area (Å²) in [6.07, 6.45) is 2.91. The van der Waals surface area contributed by atoms with Crippen LogP contribution in [0.25, 0.3) is 0 Å². The van der Waals surface area contributed by atoms with Gasteiger partial charge in [0.05, 0.1) is 21.6 Å². The lowest BCUT2D eigenvalue weighted by Crippen LogP contribution is -2.14. The van der Waals surface area contributed by atoms with Gasteiger partial charge in [0.25, 0.3) is 0 Å². The van der Waals surface area contributed by atoms with Gasteiger partial charge >= 0.3 is 0 Å². The smallest absolute Gasteiger partial charge is 0.235 e. The van der Waals surface area contributed by atoms with E-state index in [4.69, 9.17) is 23.2 Å². The lowest BCUT2D eigenvalue weighted by Gasteiger charge is -2.03. The number of carbonyl (C=O) groups excluding carboxylic acids is 2. The summed E-state index contributed by atoms with van der Waals surface area (Å²) < 4.78 is 1.26. The van der Waals surface area contributed by atoms with Crippen LogP contribution in [0, 0.1) is 0 Å². The maximum atomic E-state index is 12.0. The SMILES string of the molecule is O=C(CSc1nnc(SCC(=O)Nc2ccc(Cl)cn2)s1)Nc1ccc(Cl)cn1. The first kappa shape index (κ1) is 21.8. The molecule has 0 aliphatic rings. The summed E-state index contributed by atoms with van der Waals surface area (Å²) in [6.45, 7) is 0. The highest BCUT2D eigenvalue weighted by Gasteiger charge is 2.11. The van der Waals surface area contributed by atoms with Crippen molar-refractivity contribution in [2.75, 3.05) is 22.1 Å². The molecular formula is C16H12Cl2N6O2S3. The number of pyridine rings is 2. The largest absolute Gasteiger partial charge is 0.310 e. The standard InChI is InChI=1S/C16H12Cl2N6O2S3/c17-9-1-3-11(19-5-9)21-13(25)7-27-15-23-24-16(29-15)28-8-14(26)22-12-4-2-10(18)6-20-12/h1-6H,7-8H2,(H,19,21,25)(H,20,22,26). The minimum absolute atomic E-state index is 0.159. The molecule has 2 N–H and O–H groups in total. The first-order valence-corrected chi connectivity index (χ1v) is 11.4. The Morgan fingerprint density at radius 2 is 1.28 bits per heavy atom. The Morgan fingerprint density at radius 1 is 0.828 bits per heavy atom. The van der Waals surface area contributed by atoms with Gasteiger partial charge < -0.3 is 10.6 Å². The number of amides is 2. The van der Waals surface area contributed by atoms with Crippen molar-refractivity contribution in [1.82, 2.24) is 20.2 Å². The molecule has 8 nitrogen and oxygen atoms in total. The Hall–Kier alpha value is -1.92. The second-order valence-electron chi connectivity index (χ2n) is 5.23. The molecule has 0 fully saturated rings. The number of hydrogen-bond donors (Lipinski definition) is 2. The zero-order valence-electron chi connectivity index (χ0n) is 14.5. The maximum absolute atomic E-state index is 12.0. The molecule has 150 valence electrons. The Kier molecular flexibility index (Phi) is 8.07. The third-order valence-electron chi connectivity index (χ3n) is 3.03. The summed E-state index contributed by atoms with van der Waals surface area (Å²) in [5, 5.41) is 14.4. The molecule has 0 aromatic carbocycles. The normalized spacial score (nSPS) is 10.6. The molecule has 0 saturated carbocycles. The Morgan fingerprint density at radius 3 is 1.66 bits per heavy atom. The maximum Gasteiger partial charge on any atom is 0.235 e. The highest BCUT2D eigenvalue weighted by molar-refractivity contribution is 8.03. The van der Waals surface area contributed by atoms with Gasteiger partial charge in [-0.1, -0.05) is 58.1 Å². The van der Waals surface area contributed by atoms with E-state index in [-0.39, 0.29) is 23.3 Å². The van der Waals surface area contributed by atoms with E-state index in [9.17, 15) is 9.59 Å². The van der Waals surface area contributed by atoms with Crippen molar-refractivity contribution >= 4 is 81.5 Å². The molecule has 0 spiro atoms. The monoisotopic (exact) mass is 486 g/mol. The van der Waals surface area contributed by atoms with Gasteiger partial charge in [0.15, 0.2) is 8.68 Å². The molecule has 13 heteroatoms. The van der Waals surface area contributed by atoms with E-state index >= 15 is 0 Å². The lowest BCUT2D eigenvalue weighted by molar-refractivity contribution is -0.114. The molecule has 0 saturated heterocycles. The number of hydrogen-bond acceptors (Lipinski definition) is 9. The second-order valence-corrected chi connectivity index (χ2v) is 9.53. The summed E-state index contributed by atoms with van der Waals surface area (Å²) in [5.41, 5.74) is 0. The number of nitrogens with one attached hydrogen (secondary N) is 2. The zero-order valence-corrected chi connectivity index (χ0v) is 18.4. The van der Waals surface area contributed by atoms with E-state index < -0.39 is 0 Å². The summed E-state index contributed by atoms with van der Waals surface area (Å²) in [6, 6.07) is 6.53. The number of nitrogens with zero attached hydrogens (tertiary/aromatic N) is 4. The van der Waals surface area contributed by atoms with Gasteiger partial charge in [-0.2, -0.15) is 0 Å². The number of anilines is 2. The fourth-order valence-corrected chi connectivity index (χ4v) is 4.67. The van der Waals surface area contributed by atoms with Crippen LogP contribution in [0.3, 0.4) is 0 Å². The minimum atomic E-state index is -0.218. The molecule has 0 unspecified atom stereocenters. The quantitative estimate of drug-likeness (QED) is 0.457. The molecule has 0 atom stereocenters. The van der Waals surface area contributed by atoms with Gasteiger partial charge in [-0.3, -0.25) is 9.59 Å². The van der Waals surface area contributed by atoms with Crippen LogP contribution in [0.15, 0.2) is 45.3 Å². The molecule has 0 radical (unpaired) electrons. The predicted octanol–water partition coefficient (Wildman–Crippen LogP) is 4.10. The predicted molar refractivity (Wildman–Crippen MR) is 117 cm³/mol. The Labute approximate surface area is 188 Å². The molecule has 3 aromatic rings. The van der Waals surface area contributed by atoms with Gasteiger partial charge in [-0.25, -0.2) is 9.97 Å². The summed E-state index contributed by atoms with van der Waals surface area (Å²) in [5.74, 6) is 0.732. The highest BCUT2D eigenvalue weighted by atomic mass is 35.5. The number of rotatable bonds is 8. The third-order valence-corrected chi connectivity index (χ3v) is 6.67. The molecule has 3 rings (SSSR count). The van der Waals surface area contributed by atoms with Crippen LogP contribution in [0.1, 0.15) is 0 Å². The fourth-order valence-electron chi connectivity index (χ4n) is 1.83. The average Bonchev–Trinajstić information content (AvgIpc) is 3.16. The molecule has 2 amide bonds. The van der Waals surface area contributed by atoms with Crippen molar-refractivity contribution in [2.45, 2.75) is 8.68 Å². The van der Waals surface area contributed by atoms with Crippen molar-refractivity contribution in [2.24, 2.45) is 0 Å². The summed E-state index contributed by atoms with van der Waals surface area (Å²) in [4.78, 5) is 31.9. The average molecular weight is 487 g/mol. The molecule has 3 aromatic heterocycles. The van der Waals surface area contributed by atoms with Crippen LogP contribution in [-0.2, 0) is 9.59 Å².